The summed E-state index contributed by atoms with van der Waals surface area (Å²) in [6, 6.07) is 10.2. The lowest BCUT2D eigenvalue weighted by Crippen LogP contribution is -2.45. The maximum absolute atomic E-state index is 12.7. The number of nitrogens with one attached hydrogen (secondary N) is 2. The van der Waals surface area contributed by atoms with E-state index >= 15 is 0 Å². The predicted octanol–water partition coefficient (Wildman–Crippen LogP) is 2.28. The number of piperidine rings is 1. The van der Waals surface area contributed by atoms with Crippen LogP contribution in [0.2, 0.25) is 0 Å². The van der Waals surface area contributed by atoms with E-state index in [1.165, 1.54) is 0 Å². The van der Waals surface area contributed by atoms with Crippen molar-refractivity contribution in [2.24, 2.45) is 5.92 Å². The zero-order valence-corrected chi connectivity index (χ0v) is 15.6. The Morgan fingerprint density at radius 1 is 1.36 bits per heavy atom. The minimum Gasteiger partial charge on any atom is -0.347 e. The maximum Gasteiger partial charge on any atom is 0.223 e. The molecule has 2 heterocycles. The van der Waals surface area contributed by atoms with E-state index in [0.29, 0.717) is 19.0 Å². The van der Waals surface area contributed by atoms with Crippen LogP contribution in [0.5, 0.6) is 0 Å². The Morgan fingerprint density at radius 2 is 2.12 bits per heavy atom. The van der Waals surface area contributed by atoms with E-state index in [1.54, 1.807) is 0 Å². The number of rotatable bonds is 5. The van der Waals surface area contributed by atoms with Crippen molar-refractivity contribution in [2.45, 2.75) is 44.7 Å². The predicted molar refractivity (Wildman–Crippen MR) is 101 cm³/mol. The highest BCUT2D eigenvalue weighted by Crippen LogP contribution is 2.21. The summed E-state index contributed by atoms with van der Waals surface area (Å²) in [7, 11) is 0. The molecular weight excluding hydrogens is 338 g/mol. The van der Waals surface area contributed by atoms with Crippen LogP contribution >= 0.6 is 12.4 Å². The highest BCUT2D eigenvalue weighted by atomic mass is 35.5. The number of amides is 2. The molecule has 0 saturated carbocycles. The molecule has 6 heteroatoms. The van der Waals surface area contributed by atoms with Gasteiger partial charge in [-0.15, -0.1) is 12.4 Å². The molecule has 138 valence electrons. The summed E-state index contributed by atoms with van der Waals surface area (Å²) in [5.41, 5.74) is 1.06. The number of nitrogens with zero attached hydrogens (tertiary/aromatic N) is 1. The third-order valence-corrected chi connectivity index (χ3v) is 5.09. The van der Waals surface area contributed by atoms with Gasteiger partial charge in [0, 0.05) is 31.5 Å². The van der Waals surface area contributed by atoms with Gasteiger partial charge in [-0.05, 0) is 38.3 Å². The molecule has 3 rings (SSSR count). The molecule has 0 aliphatic carbocycles. The zero-order valence-electron chi connectivity index (χ0n) is 14.7. The van der Waals surface area contributed by atoms with E-state index in [1.807, 2.05) is 35.2 Å². The number of halogens is 1. The molecule has 5 nitrogen and oxygen atoms in total. The van der Waals surface area contributed by atoms with E-state index in [2.05, 4.69) is 17.6 Å². The van der Waals surface area contributed by atoms with Crippen LogP contribution in [0.1, 0.15) is 44.2 Å². The standard InChI is InChI=1S/C19H27N3O2.ClH/c1-14-12-16(9-10-20-14)19(24)21-17(15-6-3-2-4-7-15)13-22-11-5-8-18(22)23;/h2-4,6-7,14,16-17,20H,5,8-13H2,1H3,(H,21,24);1H/t14-,16-,17?;/m0./s1. The minimum absolute atomic E-state index is 0. The zero-order chi connectivity index (χ0) is 16.9. The summed E-state index contributed by atoms with van der Waals surface area (Å²) < 4.78 is 0. The molecule has 1 aromatic carbocycles. The number of likely N-dealkylation sites (tertiary alicyclic amines) is 1. The van der Waals surface area contributed by atoms with Crippen molar-refractivity contribution in [3.8, 4) is 0 Å². The average Bonchev–Trinajstić information content (AvgIpc) is 3.00. The van der Waals surface area contributed by atoms with Crippen LogP contribution in [0.4, 0.5) is 0 Å². The van der Waals surface area contributed by atoms with Gasteiger partial charge in [0.05, 0.1) is 6.04 Å². The summed E-state index contributed by atoms with van der Waals surface area (Å²) in [4.78, 5) is 26.6. The molecule has 2 aliphatic rings. The van der Waals surface area contributed by atoms with Gasteiger partial charge in [-0.2, -0.15) is 0 Å². The first-order valence-electron chi connectivity index (χ1n) is 9.00. The van der Waals surface area contributed by atoms with Gasteiger partial charge >= 0.3 is 0 Å². The molecule has 2 N–H and O–H groups in total. The molecule has 1 unspecified atom stereocenters. The Morgan fingerprint density at radius 3 is 2.76 bits per heavy atom. The van der Waals surface area contributed by atoms with Crippen molar-refractivity contribution in [3.05, 3.63) is 35.9 Å². The summed E-state index contributed by atoms with van der Waals surface area (Å²) >= 11 is 0. The van der Waals surface area contributed by atoms with Gasteiger partial charge in [0.2, 0.25) is 11.8 Å². The normalized spacial score (nSPS) is 24.5. The SMILES string of the molecule is C[C@H]1C[C@@H](C(=O)NC(CN2CCCC2=O)c2ccccc2)CCN1.Cl. The smallest absolute Gasteiger partial charge is 0.223 e. The highest BCUT2D eigenvalue weighted by molar-refractivity contribution is 5.85. The average molecular weight is 366 g/mol. The third-order valence-electron chi connectivity index (χ3n) is 5.09. The number of hydrogen-bond donors (Lipinski definition) is 2. The first-order valence-corrected chi connectivity index (χ1v) is 9.00. The molecule has 1 aromatic rings. The van der Waals surface area contributed by atoms with Crippen LogP contribution in [-0.2, 0) is 9.59 Å². The number of carbonyl (C=O) groups excluding carboxylic acids is 2. The van der Waals surface area contributed by atoms with Crippen molar-refractivity contribution in [1.82, 2.24) is 15.5 Å². The second kappa shape index (κ2) is 9.20. The first-order chi connectivity index (χ1) is 11.6. The van der Waals surface area contributed by atoms with Crippen LogP contribution in [0.3, 0.4) is 0 Å². The molecule has 0 bridgehead atoms. The molecule has 0 spiro atoms. The summed E-state index contributed by atoms with van der Waals surface area (Å²) in [5, 5.41) is 6.59. The van der Waals surface area contributed by atoms with Crippen LogP contribution in [-0.4, -0.2) is 42.4 Å². The number of carbonyl (C=O) groups is 2. The Hall–Kier alpha value is -1.59. The Kier molecular flexibility index (Phi) is 7.26. The molecule has 2 saturated heterocycles. The highest BCUT2D eigenvalue weighted by Gasteiger charge is 2.29. The van der Waals surface area contributed by atoms with Crippen molar-refractivity contribution in [2.75, 3.05) is 19.6 Å². The van der Waals surface area contributed by atoms with E-state index in [4.69, 9.17) is 0 Å². The molecule has 2 amide bonds. The van der Waals surface area contributed by atoms with Crippen molar-refractivity contribution in [1.29, 1.82) is 0 Å². The van der Waals surface area contributed by atoms with Gasteiger partial charge in [0.25, 0.3) is 0 Å². The van der Waals surface area contributed by atoms with E-state index in [-0.39, 0.29) is 36.2 Å². The molecule has 3 atom stereocenters. The third kappa shape index (κ3) is 5.19. The Balaban J connectivity index is 0.00000225. The lowest BCUT2D eigenvalue weighted by molar-refractivity contribution is -0.130. The molecule has 2 aliphatic heterocycles. The molecular formula is C19H28ClN3O2. The fourth-order valence-electron chi connectivity index (χ4n) is 3.70. The number of hydrogen-bond acceptors (Lipinski definition) is 3. The van der Waals surface area contributed by atoms with Crippen molar-refractivity contribution < 1.29 is 9.59 Å². The van der Waals surface area contributed by atoms with Gasteiger partial charge < -0.3 is 15.5 Å². The topological polar surface area (TPSA) is 61.4 Å². The Labute approximate surface area is 155 Å². The van der Waals surface area contributed by atoms with Crippen LogP contribution in [0, 0.1) is 5.92 Å². The first kappa shape index (κ1) is 19.7. The lowest BCUT2D eigenvalue weighted by Gasteiger charge is -2.30. The van der Waals surface area contributed by atoms with Gasteiger partial charge in [0.15, 0.2) is 0 Å². The van der Waals surface area contributed by atoms with Gasteiger partial charge in [-0.1, -0.05) is 30.3 Å². The van der Waals surface area contributed by atoms with Crippen LogP contribution < -0.4 is 10.6 Å². The molecule has 2 fully saturated rings. The maximum atomic E-state index is 12.7. The van der Waals surface area contributed by atoms with Crippen LogP contribution in [0.15, 0.2) is 30.3 Å². The van der Waals surface area contributed by atoms with Crippen molar-refractivity contribution >= 4 is 24.2 Å². The largest absolute Gasteiger partial charge is 0.347 e. The van der Waals surface area contributed by atoms with Gasteiger partial charge in [-0.25, -0.2) is 0 Å². The Bertz CT molecular complexity index is 581. The fourth-order valence-corrected chi connectivity index (χ4v) is 3.70. The lowest BCUT2D eigenvalue weighted by atomic mass is 9.92. The summed E-state index contributed by atoms with van der Waals surface area (Å²) in [5.74, 6) is 0.367. The molecule has 25 heavy (non-hydrogen) atoms. The van der Waals surface area contributed by atoms with E-state index in [9.17, 15) is 9.59 Å². The summed E-state index contributed by atoms with van der Waals surface area (Å²) in [6.45, 7) is 4.37. The van der Waals surface area contributed by atoms with E-state index < -0.39 is 0 Å². The monoisotopic (exact) mass is 365 g/mol. The van der Waals surface area contributed by atoms with E-state index in [0.717, 1.165) is 37.9 Å². The van der Waals surface area contributed by atoms with Crippen LogP contribution in [0.25, 0.3) is 0 Å². The quantitative estimate of drug-likeness (QED) is 0.841. The minimum atomic E-state index is -0.133. The van der Waals surface area contributed by atoms with Crippen molar-refractivity contribution in [3.63, 3.8) is 0 Å². The molecule has 0 aromatic heterocycles. The van der Waals surface area contributed by atoms with Gasteiger partial charge in [0.1, 0.15) is 0 Å². The second-order valence-corrected chi connectivity index (χ2v) is 6.99. The number of benzene rings is 1. The molecule has 0 radical (unpaired) electrons. The van der Waals surface area contributed by atoms with Gasteiger partial charge in [-0.3, -0.25) is 9.59 Å². The summed E-state index contributed by atoms with van der Waals surface area (Å²) in [6.07, 6.45) is 3.29. The fraction of sp³-hybridized carbons (Fsp3) is 0.579. The second-order valence-electron chi connectivity index (χ2n) is 6.99.